The Labute approximate surface area is 204 Å². The summed E-state index contributed by atoms with van der Waals surface area (Å²) in [6.45, 7) is 0. The lowest BCUT2D eigenvalue weighted by atomic mass is 9.91. The SMILES string of the molecule is NC(=O)c1cc(F)c(NC2CCCCC2N)nc1Nc1cncc(-c2ccc(OC(F)(F)F)cc2)c1. The number of anilines is 3. The van der Waals surface area contributed by atoms with Gasteiger partial charge in [-0.1, -0.05) is 25.0 Å². The average molecular weight is 504 g/mol. The Morgan fingerprint density at radius 2 is 1.75 bits per heavy atom. The first-order valence-corrected chi connectivity index (χ1v) is 11.2. The Balaban J connectivity index is 1.59. The molecule has 0 saturated heterocycles. The lowest BCUT2D eigenvalue weighted by Crippen LogP contribution is -2.43. The predicted molar refractivity (Wildman–Crippen MR) is 126 cm³/mol. The Hall–Kier alpha value is -3.93. The van der Waals surface area contributed by atoms with Crippen LogP contribution in [0.4, 0.5) is 34.9 Å². The van der Waals surface area contributed by atoms with Crippen LogP contribution in [0.15, 0.2) is 48.8 Å². The van der Waals surface area contributed by atoms with E-state index >= 15 is 0 Å². The van der Waals surface area contributed by atoms with Gasteiger partial charge >= 0.3 is 6.36 Å². The molecule has 2 atom stereocenters. The fourth-order valence-corrected chi connectivity index (χ4v) is 4.04. The highest BCUT2D eigenvalue weighted by molar-refractivity contribution is 5.98. The second-order valence-electron chi connectivity index (χ2n) is 8.44. The van der Waals surface area contributed by atoms with Gasteiger partial charge in [-0.3, -0.25) is 9.78 Å². The van der Waals surface area contributed by atoms with Crippen molar-refractivity contribution in [2.45, 2.75) is 44.1 Å². The van der Waals surface area contributed by atoms with Crippen molar-refractivity contribution >= 4 is 23.2 Å². The molecule has 1 saturated carbocycles. The molecular weight excluding hydrogens is 480 g/mol. The fourth-order valence-electron chi connectivity index (χ4n) is 4.04. The number of nitrogens with one attached hydrogen (secondary N) is 2. The summed E-state index contributed by atoms with van der Waals surface area (Å²) in [6.07, 6.45) is 1.71. The van der Waals surface area contributed by atoms with Crippen molar-refractivity contribution in [3.05, 3.63) is 60.2 Å². The summed E-state index contributed by atoms with van der Waals surface area (Å²) >= 11 is 0. The number of ether oxygens (including phenoxy) is 1. The van der Waals surface area contributed by atoms with Crippen molar-refractivity contribution in [3.63, 3.8) is 0 Å². The van der Waals surface area contributed by atoms with E-state index in [0.29, 0.717) is 16.8 Å². The zero-order valence-corrected chi connectivity index (χ0v) is 19.0. The number of hydrogen-bond donors (Lipinski definition) is 4. The first-order valence-electron chi connectivity index (χ1n) is 11.2. The predicted octanol–water partition coefficient (Wildman–Crippen LogP) is 4.71. The number of amides is 1. The van der Waals surface area contributed by atoms with Crippen molar-refractivity contribution in [3.8, 4) is 16.9 Å². The van der Waals surface area contributed by atoms with E-state index in [4.69, 9.17) is 11.5 Å². The highest BCUT2D eigenvalue weighted by Crippen LogP contribution is 2.30. The maximum absolute atomic E-state index is 14.7. The Kier molecular flexibility index (Phi) is 7.25. The number of halogens is 4. The lowest BCUT2D eigenvalue weighted by molar-refractivity contribution is -0.274. The van der Waals surface area contributed by atoms with E-state index in [1.165, 1.54) is 36.7 Å². The highest BCUT2D eigenvalue weighted by atomic mass is 19.4. The molecule has 8 nitrogen and oxygen atoms in total. The summed E-state index contributed by atoms with van der Waals surface area (Å²) < 4.78 is 55.8. The van der Waals surface area contributed by atoms with Gasteiger partial charge < -0.3 is 26.8 Å². The third-order valence-electron chi connectivity index (χ3n) is 5.81. The van der Waals surface area contributed by atoms with Crippen LogP contribution in [0.1, 0.15) is 36.0 Å². The molecule has 1 aromatic carbocycles. The van der Waals surface area contributed by atoms with Crippen molar-refractivity contribution in [1.82, 2.24) is 9.97 Å². The van der Waals surface area contributed by atoms with Gasteiger partial charge in [0.15, 0.2) is 11.6 Å². The van der Waals surface area contributed by atoms with E-state index in [-0.39, 0.29) is 35.0 Å². The average Bonchev–Trinajstić information content (AvgIpc) is 2.82. The third-order valence-corrected chi connectivity index (χ3v) is 5.81. The Morgan fingerprint density at radius 1 is 1.03 bits per heavy atom. The van der Waals surface area contributed by atoms with Crippen molar-refractivity contribution in [1.29, 1.82) is 0 Å². The topological polar surface area (TPSA) is 128 Å². The molecule has 2 heterocycles. The second kappa shape index (κ2) is 10.4. The van der Waals surface area contributed by atoms with Gasteiger partial charge in [0.2, 0.25) is 0 Å². The molecule has 0 radical (unpaired) electrons. The maximum Gasteiger partial charge on any atom is 0.573 e. The number of carbonyl (C=O) groups is 1. The van der Waals surface area contributed by atoms with Crippen molar-refractivity contribution < 1.29 is 27.1 Å². The molecule has 1 amide bonds. The summed E-state index contributed by atoms with van der Waals surface area (Å²) in [5, 5.41) is 5.98. The standard InChI is InChI=1S/C24H24F4N6O2/c25-18-10-17(21(30)35)22(34-23(18)33-20-4-2-1-3-19(20)29)32-15-9-14(11-31-12-15)13-5-7-16(8-6-13)36-24(26,27)28/h5-12,19-20H,1-4,29H2,(H2,30,35)(H2,32,33,34). The number of nitrogens with two attached hydrogens (primary N) is 2. The second-order valence-corrected chi connectivity index (χ2v) is 8.44. The molecule has 1 aliphatic rings. The number of hydrogen-bond acceptors (Lipinski definition) is 7. The molecule has 2 aromatic heterocycles. The molecule has 2 unspecified atom stereocenters. The first-order chi connectivity index (χ1) is 17.1. The molecular formula is C24H24F4N6O2. The van der Waals surface area contributed by atoms with E-state index in [0.717, 1.165) is 31.7 Å². The summed E-state index contributed by atoms with van der Waals surface area (Å²) in [4.78, 5) is 20.4. The minimum Gasteiger partial charge on any atom is -0.406 e. The van der Waals surface area contributed by atoms with Crippen molar-refractivity contribution in [2.24, 2.45) is 11.5 Å². The number of pyridine rings is 2. The number of carbonyl (C=O) groups excluding carboxylic acids is 1. The fraction of sp³-hybridized carbons (Fsp3) is 0.292. The summed E-state index contributed by atoms with van der Waals surface area (Å²) in [5.74, 6) is -2.01. The van der Waals surface area contributed by atoms with Gasteiger partial charge in [0.05, 0.1) is 17.4 Å². The van der Waals surface area contributed by atoms with Crippen LogP contribution in [0.2, 0.25) is 0 Å². The molecule has 0 bridgehead atoms. The molecule has 4 rings (SSSR count). The maximum atomic E-state index is 14.7. The van der Waals surface area contributed by atoms with Crippen LogP contribution in [-0.4, -0.2) is 34.3 Å². The van der Waals surface area contributed by atoms with Crippen LogP contribution in [0, 0.1) is 5.82 Å². The molecule has 190 valence electrons. The number of aromatic nitrogens is 2. The number of benzene rings is 1. The Morgan fingerprint density at radius 3 is 2.42 bits per heavy atom. The molecule has 0 aliphatic heterocycles. The van der Waals surface area contributed by atoms with Gasteiger partial charge in [0.25, 0.3) is 5.91 Å². The van der Waals surface area contributed by atoms with E-state index < -0.39 is 18.1 Å². The van der Waals surface area contributed by atoms with Crippen molar-refractivity contribution in [2.75, 3.05) is 10.6 Å². The molecule has 6 N–H and O–H groups in total. The quantitative estimate of drug-likeness (QED) is 0.343. The normalized spacial score (nSPS) is 17.9. The van der Waals surface area contributed by atoms with Gasteiger partial charge in [-0.15, -0.1) is 13.2 Å². The number of rotatable bonds is 7. The molecule has 1 aliphatic carbocycles. The molecule has 1 fully saturated rings. The highest BCUT2D eigenvalue weighted by Gasteiger charge is 2.31. The first kappa shape index (κ1) is 25.2. The van der Waals surface area contributed by atoms with E-state index in [9.17, 15) is 22.4 Å². The van der Waals surface area contributed by atoms with Crippen LogP contribution in [-0.2, 0) is 0 Å². The molecule has 0 spiro atoms. The van der Waals surface area contributed by atoms with E-state index in [1.54, 1.807) is 6.07 Å². The largest absolute Gasteiger partial charge is 0.573 e. The monoisotopic (exact) mass is 504 g/mol. The van der Waals surface area contributed by atoms with Gasteiger partial charge in [-0.05, 0) is 42.7 Å². The van der Waals surface area contributed by atoms with Gasteiger partial charge in [0, 0.05) is 23.8 Å². The number of alkyl halides is 3. The van der Waals surface area contributed by atoms with Crippen LogP contribution < -0.4 is 26.8 Å². The summed E-state index contributed by atoms with van der Waals surface area (Å²) in [5.41, 5.74) is 13.0. The molecule has 36 heavy (non-hydrogen) atoms. The number of nitrogens with zero attached hydrogens (tertiary/aromatic N) is 2. The zero-order valence-electron chi connectivity index (χ0n) is 19.0. The minimum absolute atomic E-state index is 0.0173. The zero-order chi connectivity index (χ0) is 25.9. The van der Waals surface area contributed by atoms with Gasteiger partial charge in [0.1, 0.15) is 11.6 Å². The third kappa shape index (κ3) is 6.19. The minimum atomic E-state index is -4.79. The summed E-state index contributed by atoms with van der Waals surface area (Å²) in [6, 6.07) is 7.60. The summed E-state index contributed by atoms with van der Waals surface area (Å²) in [7, 11) is 0. The van der Waals surface area contributed by atoms with Gasteiger partial charge in [-0.25, -0.2) is 9.37 Å². The van der Waals surface area contributed by atoms with Crippen LogP contribution in [0.25, 0.3) is 11.1 Å². The van der Waals surface area contributed by atoms with Crippen LogP contribution in [0.5, 0.6) is 5.75 Å². The van der Waals surface area contributed by atoms with E-state index in [1.807, 2.05) is 0 Å². The Bertz CT molecular complexity index is 1240. The number of primary amides is 1. The van der Waals surface area contributed by atoms with E-state index in [2.05, 4.69) is 25.3 Å². The molecule has 12 heteroatoms. The molecule has 3 aromatic rings. The van der Waals surface area contributed by atoms with Crippen LogP contribution in [0.3, 0.4) is 0 Å². The lowest BCUT2D eigenvalue weighted by Gasteiger charge is -2.30. The van der Waals surface area contributed by atoms with Crippen LogP contribution >= 0.6 is 0 Å². The van der Waals surface area contributed by atoms with Gasteiger partial charge in [-0.2, -0.15) is 0 Å². The smallest absolute Gasteiger partial charge is 0.406 e.